The molecular weight excluding hydrogens is 230 g/mol. The monoisotopic (exact) mass is 247 g/mol. The summed E-state index contributed by atoms with van der Waals surface area (Å²) in [6, 6.07) is 9.26. The van der Waals surface area contributed by atoms with Gasteiger partial charge in [-0.2, -0.15) is 0 Å². The topological polar surface area (TPSA) is 57.6 Å². The maximum atomic E-state index is 11.7. The maximum Gasteiger partial charge on any atom is 0.232 e. The lowest BCUT2D eigenvalue weighted by molar-refractivity contribution is -0.139. The number of benzene rings is 1. The van der Waals surface area contributed by atoms with Crippen molar-refractivity contribution in [2.45, 2.75) is 25.9 Å². The van der Waals surface area contributed by atoms with Gasteiger partial charge >= 0.3 is 0 Å². The van der Waals surface area contributed by atoms with Crippen LogP contribution in [0.3, 0.4) is 0 Å². The normalized spacial score (nSPS) is 21.4. The number of aliphatic hydroxyl groups excluding tert-OH is 1. The summed E-state index contributed by atoms with van der Waals surface area (Å²) in [5, 5.41) is 9.97. The number of rotatable bonds is 4. The smallest absolute Gasteiger partial charge is 0.232 e. The second kappa shape index (κ2) is 5.31. The van der Waals surface area contributed by atoms with Crippen LogP contribution in [0.15, 0.2) is 30.3 Å². The van der Waals surface area contributed by atoms with E-state index in [2.05, 4.69) is 0 Å². The van der Waals surface area contributed by atoms with Gasteiger partial charge in [-0.25, -0.2) is 0 Å². The number of hydrogen-bond donors (Lipinski definition) is 1. The van der Waals surface area contributed by atoms with Crippen molar-refractivity contribution < 1.29 is 14.7 Å². The van der Waals surface area contributed by atoms with Crippen molar-refractivity contribution in [3.05, 3.63) is 35.9 Å². The molecule has 1 fully saturated rings. The third-order valence-electron chi connectivity index (χ3n) is 3.28. The van der Waals surface area contributed by atoms with Crippen molar-refractivity contribution in [2.24, 2.45) is 5.92 Å². The Morgan fingerprint density at radius 3 is 2.56 bits per heavy atom. The van der Waals surface area contributed by atoms with Crippen LogP contribution in [-0.4, -0.2) is 28.4 Å². The Bertz CT molecular complexity index is 444. The lowest BCUT2D eigenvalue weighted by Crippen LogP contribution is -2.32. The van der Waals surface area contributed by atoms with Crippen LogP contribution in [0, 0.1) is 5.92 Å². The van der Waals surface area contributed by atoms with Gasteiger partial charge in [0, 0.05) is 18.9 Å². The second-order valence-corrected chi connectivity index (χ2v) is 4.70. The zero-order valence-electron chi connectivity index (χ0n) is 10.4. The number of hydrogen-bond acceptors (Lipinski definition) is 3. The summed E-state index contributed by atoms with van der Waals surface area (Å²) < 4.78 is 0. The molecule has 0 aliphatic carbocycles. The molecule has 1 N–H and O–H groups in total. The molecule has 0 saturated carbocycles. The molecule has 4 heteroatoms. The molecule has 18 heavy (non-hydrogen) atoms. The van der Waals surface area contributed by atoms with Crippen molar-refractivity contribution in [2.75, 3.05) is 6.54 Å². The van der Waals surface area contributed by atoms with E-state index >= 15 is 0 Å². The standard InChI is InChI=1S/C14H17NO3/c1-10-9-13(17)15(14(10)18)8-7-12(16)11-5-3-2-4-6-11/h2-6,10,12,16H,7-9H2,1H3. The fourth-order valence-corrected chi connectivity index (χ4v) is 2.18. The van der Waals surface area contributed by atoms with Gasteiger partial charge in [0.05, 0.1) is 6.10 Å². The van der Waals surface area contributed by atoms with Gasteiger partial charge in [-0.05, 0) is 12.0 Å². The van der Waals surface area contributed by atoms with Crippen molar-refractivity contribution in [3.8, 4) is 0 Å². The molecule has 1 saturated heterocycles. The van der Waals surface area contributed by atoms with E-state index in [0.717, 1.165) is 5.56 Å². The number of aliphatic hydroxyl groups is 1. The van der Waals surface area contributed by atoms with E-state index in [1.807, 2.05) is 30.3 Å². The quantitative estimate of drug-likeness (QED) is 0.820. The van der Waals surface area contributed by atoms with Gasteiger partial charge < -0.3 is 5.11 Å². The zero-order chi connectivity index (χ0) is 13.1. The van der Waals surface area contributed by atoms with Gasteiger partial charge in [-0.15, -0.1) is 0 Å². The molecule has 2 atom stereocenters. The predicted octanol–water partition coefficient (Wildman–Crippen LogP) is 1.51. The fraction of sp³-hybridized carbons (Fsp3) is 0.429. The number of likely N-dealkylation sites (tertiary alicyclic amines) is 1. The Morgan fingerprint density at radius 1 is 1.33 bits per heavy atom. The van der Waals surface area contributed by atoms with E-state index in [0.29, 0.717) is 12.8 Å². The molecule has 4 nitrogen and oxygen atoms in total. The largest absolute Gasteiger partial charge is 0.388 e. The number of carbonyl (C=O) groups excluding carboxylic acids is 2. The maximum absolute atomic E-state index is 11.7. The fourth-order valence-electron chi connectivity index (χ4n) is 2.18. The molecule has 2 rings (SSSR count). The summed E-state index contributed by atoms with van der Waals surface area (Å²) in [7, 11) is 0. The van der Waals surface area contributed by atoms with Gasteiger partial charge in [0.15, 0.2) is 0 Å². The molecule has 1 heterocycles. The van der Waals surface area contributed by atoms with Crippen LogP contribution in [-0.2, 0) is 9.59 Å². The molecule has 96 valence electrons. The minimum absolute atomic E-state index is 0.125. The van der Waals surface area contributed by atoms with Crippen molar-refractivity contribution in [3.63, 3.8) is 0 Å². The summed E-state index contributed by atoms with van der Waals surface area (Å²) in [6.07, 6.45) is 0.0387. The summed E-state index contributed by atoms with van der Waals surface area (Å²) in [4.78, 5) is 24.5. The third-order valence-corrected chi connectivity index (χ3v) is 3.28. The molecule has 1 aliphatic rings. The summed E-state index contributed by atoms with van der Waals surface area (Å²) in [5.41, 5.74) is 0.810. The molecule has 1 aliphatic heterocycles. The Labute approximate surface area is 106 Å². The highest BCUT2D eigenvalue weighted by Crippen LogP contribution is 2.22. The highest BCUT2D eigenvalue weighted by molar-refractivity contribution is 6.03. The Kier molecular flexibility index (Phi) is 3.77. The first-order chi connectivity index (χ1) is 8.59. The van der Waals surface area contributed by atoms with E-state index in [1.54, 1.807) is 6.92 Å². The minimum Gasteiger partial charge on any atom is -0.388 e. The summed E-state index contributed by atoms with van der Waals surface area (Å²) in [6.45, 7) is 2.05. The SMILES string of the molecule is CC1CC(=O)N(CCC(O)c2ccccc2)C1=O. The van der Waals surface area contributed by atoms with Crippen molar-refractivity contribution >= 4 is 11.8 Å². The predicted molar refractivity (Wildman–Crippen MR) is 66.5 cm³/mol. The van der Waals surface area contributed by atoms with E-state index in [9.17, 15) is 14.7 Å². The van der Waals surface area contributed by atoms with Gasteiger partial charge in [0.25, 0.3) is 0 Å². The Balaban J connectivity index is 1.92. The number of carbonyl (C=O) groups is 2. The molecule has 0 radical (unpaired) electrons. The lowest BCUT2D eigenvalue weighted by Gasteiger charge is -2.17. The molecule has 1 aromatic rings. The Hall–Kier alpha value is -1.68. The minimum atomic E-state index is -0.636. The highest BCUT2D eigenvalue weighted by atomic mass is 16.3. The van der Waals surface area contributed by atoms with E-state index in [-0.39, 0.29) is 24.3 Å². The summed E-state index contributed by atoms with van der Waals surface area (Å²) in [5.74, 6) is -0.473. The Morgan fingerprint density at radius 2 is 2.00 bits per heavy atom. The van der Waals surface area contributed by atoms with Crippen LogP contribution < -0.4 is 0 Å². The third kappa shape index (κ3) is 2.59. The van der Waals surface area contributed by atoms with Crippen LogP contribution >= 0.6 is 0 Å². The van der Waals surface area contributed by atoms with Crippen LogP contribution in [0.4, 0.5) is 0 Å². The average molecular weight is 247 g/mol. The molecule has 0 bridgehead atoms. The first-order valence-corrected chi connectivity index (χ1v) is 6.17. The molecule has 0 spiro atoms. The van der Waals surface area contributed by atoms with E-state index in [1.165, 1.54) is 4.90 Å². The molecular formula is C14H17NO3. The zero-order valence-corrected chi connectivity index (χ0v) is 10.4. The van der Waals surface area contributed by atoms with Crippen LogP contribution in [0.2, 0.25) is 0 Å². The molecule has 0 aromatic heterocycles. The van der Waals surface area contributed by atoms with Crippen LogP contribution in [0.1, 0.15) is 31.4 Å². The van der Waals surface area contributed by atoms with Gasteiger partial charge in [-0.1, -0.05) is 37.3 Å². The number of nitrogens with zero attached hydrogens (tertiary/aromatic N) is 1. The number of amides is 2. The van der Waals surface area contributed by atoms with Gasteiger partial charge in [-0.3, -0.25) is 14.5 Å². The average Bonchev–Trinajstić information content (AvgIpc) is 2.62. The number of imide groups is 1. The summed E-state index contributed by atoms with van der Waals surface area (Å²) >= 11 is 0. The second-order valence-electron chi connectivity index (χ2n) is 4.70. The first-order valence-electron chi connectivity index (χ1n) is 6.17. The van der Waals surface area contributed by atoms with Crippen molar-refractivity contribution in [1.82, 2.24) is 4.90 Å². The molecule has 2 unspecified atom stereocenters. The van der Waals surface area contributed by atoms with E-state index < -0.39 is 6.10 Å². The van der Waals surface area contributed by atoms with Gasteiger partial charge in [0.1, 0.15) is 0 Å². The lowest BCUT2D eigenvalue weighted by atomic mass is 10.1. The van der Waals surface area contributed by atoms with Crippen LogP contribution in [0.25, 0.3) is 0 Å². The highest BCUT2D eigenvalue weighted by Gasteiger charge is 2.35. The van der Waals surface area contributed by atoms with Crippen molar-refractivity contribution in [1.29, 1.82) is 0 Å². The first kappa shape index (κ1) is 12.8. The molecule has 2 amide bonds. The van der Waals surface area contributed by atoms with Crippen LogP contribution in [0.5, 0.6) is 0 Å². The van der Waals surface area contributed by atoms with E-state index in [4.69, 9.17) is 0 Å². The molecule has 1 aromatic carbocycles. The van der Waals surface area contributed by atoms with Gasteiger partial charge in [0.2, 0.25) is 11.8 Å².